The van der Waals surface area contributed by atoms with E-state index >= 15 is 0 Å². The topological polar surface area (TPSA) is 80.9 Å². The predicted molar refractivity (Wildman–Crippen MR) is 62.9 cm³/mol. The smallest absolute Gasteiger partial charge is 0.272 e. The molecule has 0 unspecified atom stereocenters. The molecule has 0 saturated carbocycles. The molecular formula is C8H12N4OS2. The highest BCUT2D eigenvalue weighted by Gasteiger charge is 2.06. The van der Waals surface area contributed by atoms with Gasteiger partial charge in [-0.1, -0.05) is 16.7 Å². The number of carbonyl (C=O) groups excluding carboxylic acids is 1. The molecule has 0 aliphatic carbocycles. The number of carbonyl (C=O) groups is 1. The zero-order valence-corrected chi connectivity index (χ0v) is 9.74. The fourth-order valence-corrected chi connectivity index (χ4v) is 1.56. The van der Waals surface area contributed by atoms with Gasteiger partial charge in [0.1, 0.15) is 0 Å². The lowest BCUT2D eigenvalue weighted by Gasteiger charge is -2.02. The highest BCUT2D eigenvalue weighted by Crippen LogP contribution is 1.97. The van der Waals surface area contributed by atoms with Crippen LogP contribution >= 0.6 is 23.8 Å². The van der Waals surface area contributed by atoms with E-state index in [0.717, 1.165) is 30.8 Å². The Labute approximate surface area is 97.2 Å². The van der Waals surface area contributed by atoms with Crippen LogP contribution in [0.2, 0.25) is 0 Å². The van der Waals surface area contributed by atoms with Gasteiger partial charge >= 0.3 is 0 Å². The van der Waals surface area contributed by atoms with Crippen LogP contribution in [0.5, 0.6) is 0 Å². The molecule has 5 nitrogen and oxygen atoms in total. The van der Waals surface area contributed by atoms with Crippen molar-refractivity contribution in [3.05, 3.63) is 11.1 Å². The van der Waals surface area contributed by atoms with Crippen LogP contribution in [0.4, 0.5) is 0 Å². The molecule has 0 aromatic carbocycles. The molecule has 3 N–H and O–H groups in total. The Morgan fingerprint density at radius 2 is 2.40 bits per heavy atom. The second kappa shape index (κ2) is 6.41. The largest absolute Gasteiger partial charge is 0.393 e. The first-order chi connectivity index (χ1) is 7.20. The average molecular weight is 244 g/mol. The van der Waals surface area contributed by atoms with E-state index in [4.69, 9.17) is 18.0 Å². The molecule has 0 fully saturated rings. The van der Waals surface area contributed by atoms with Gasteiger partial charge in [-0.05, 0) is 30.8 Å². The van der Waals surface area contributed by atoms with Crippen molar-refractivity contribution in [3.63, 3.8) is 0 Å². The summed E-state index contributed by atoms with van der Waals surface area (Å²) in [5.74, 6) is -0.181. The molecule has 0 atom stereocenters. The zero-order valence-electron chi connectivity index (χ0n) is 8.10. The maximum atomic E-state index is 11.3. The standard InChI is InChI=1S/C8H12N4OS2/c9-7(14)3-1-2-4-10-8(13)6-5-15-12-11-6/h5H,1-4H2,(H2,9,14)(H,10,13). The van der Waals surface area contributed by atoms with Crippen molar-refractivity contribution < 1.29 is 4.79 Å². The molecular weight excluding hydrogens is 232 g/mol. The summed E-state index contributed by atoms with van der Waals surface area (Å²) < 4.78 is 3.61. The Hall–Kier alpha value is -1.08. The van der Waals surface area contributed by atoms with Crippen LogP contribution in [0.1, 0.15) is 29.8 Å². The quantitative estimate of drug-likeness (QED) is 0.569. The van der Waals surface area contributed by atoms with Crippen molar-refractivity contribution in [2.45, 2.75) is 19.3 Å². The number of nitrogens with zero attached hydrogens (tertiary/aromatic N) is 2. The summed E-state index contributed by atoms with van der Waals surface area (Å²) >= 11 is 5.90. The summed E-state index contributed by atoms with van der Waals surface area (Å²) in [7, 11) is 0. The minimum Gasteiger partial charge on any atom is -0.393 e. The second-order valence-electron chi connectivity index (χ2n) is 2.97. The number of hydrogen-bond donors (Lipinski definition) is 2. The van der Waals surface area contributed by atoms with Gasteiger partial charge in [-0.25, -0.2) is 0 Å². The molecule has 0 spiro atoms. The number of nitrogens with two attached hydrogens (primary N) is 1. The van der Waals surface area contributed by atoms with Gasteiger partial charge in [0.15, 0.2) is 5.69 Å². The van der Waals surface area contributed by atoms with Crippen molar-refractivity contribution >= 4 is 34.6 Å². The van der Waals surface area contributed by atoms with Crippen LogP contribution in [0.15, 0.2) is 5.38 Å². The van der Waals surface area contributed by atoms with Gasteiger partial charge in [0.05, 0.1) is 4.99 Å². The van der Waals surface area contributed by atoms with Gasteiger partial charge in [0.2, 0.25) is 0 Å². The number of aromatic nitrogens is 2. The lowest BCUT2D eigenvalue weighted by Crippen LogP contribution is -2.25. The monoisotopic (exact) mass is 244 g/mol. The van der Waals surface area contributed by atoms with Crippen LogP contribution < -0.4 is 11.1 Å². The van der Waals surface area contributed by atoms with E-state index in [-0.39, 0.29) is 5.91 Å². The van der Waals surface area contributed by atoms with Gasteiger partial charge in [-0.15, -0.1) is 5.10 Å². The molecule has 0 aliphatic rings. The van der Waals surface area contributed by atoms with Gasteiger partial charge in [0.25, 0.3) is 5.91 Å². The molecule has 0 radical (unpaired) electrons. The third-order valence-electron chi connectivity index (χ3n) is 1.73. The number of amides is 1. The van der Waals surface area contributed by atoms with Crippen molar-refractivity contribution in [2.24, 2.45) is 5.73 Å². The average Bonchev–Trinajstić information content (AvgIpc) is 2.69. The molecule has 82 valence electrons. The normalized spacial score (nSPS) is 9.87. The molecule has 1 heterocycles. The zero-order chi connectivity index (χ0) is 11.1. The minimum absolute atomic E-state index is 0.181. The van der Waals surface area contributed by atoms with Gasteiger partial charge < -0.3 is 11.1 Å². The van der Waals surface area contributed by atoms with Gasteiger partial charge in [-0.3, -0.25) is 4.79 Å². The Morgan fingerprint density at radius 1 is 1.60 bits per heavy atom. The van der Waals surface area contributed by atoms with Crippen LogP contribution in [0, 0.1) is 0 Å². The second-order valence-corrected chi connectivity index (χ2v) is 4.10. The van der Waals surface area contributed by atoms with E-state index in [1.54, 1.807) is 5.38 Å². The van der Waals surface area contributed by atoms with Crippen LogP contribution in [0.25, 0.3) is 0 Å². The van der Waals surface area contributed by atoms with Crippen LogP contribution in [-0.4, -0.2) is 27.0 Å². The predicted octanol–water partition coefficient (Wildman–Crippen LogP) is 0.724. The molecule has 1 aromatic rings. The summed E-state index contributed by atoms with van der Waals surface area (Å²) in [6, 6.07) is 0. The maximum Gasteiger partial charge on any atom is 0.272 e. The number of nitrogens with one attached hydrogen (secondary N) is 1. The number of rotatable bonds is 6. The SMILES string of the molecule is NC(=S)CCCCNC(=O)c1csnn1. The third kappa shape index (κ3) is 4.80. The maximum absolute atomic E-state index is 11.3. The number of hydrogen-bond acceptors (Lipinski definition) is 5. The number of thiocarbonyl (C=S) groups is 1. The van der Waals surface area contributed by atoms with Gasteiger partial charge in [0, 0.05) is 11.9 Å². The Bertz CT molecular complexity index is 325. The van der Waals surface area contributed by atoms with E-state index in [9.17, 15) is 4.79 Å². The highest BCUT2D eigenvalue weighted by atomic mass is 32.1. The van der Waals surface area contributed by atoms with E-state index < -0.39 is 0 Å². The van der Waals surface area contributed by atoms with Crippen molar-refractivity contribution in [3.8, 4) is 0 Å². The molecule has 7 heteroatoms. The minimum atomic E-state index is -0.181. The molecule has 0 saturated heterocycles. The molecule has 15 heavy (non-hydrogen) atoms. The first kappa shape index (κ1) is 12.0. The van der Waals surface area contributed by atoms with E-state index in [1.807, 2.05) is 0 Å². The highest BCUT2D eigenvalue weighted by molar-refractivity contribution is 7.80. The fourth-order valence-electron chi connectivity index (χ4n) is 0.980. The molecule has 1 aromatic heterocycles. The lowest BCUT2D eigenvalue weighted by atomic mass is 10.2. The van der Waals surface area contributed by atoms with Gasteiger partial charge in [-0.2, -0.15) is 0 Å². The van der Waals surface area contributed by atoms with Crippen LogP contribution in [0.3, 0.4) is 0 Å². The summed E-state index contributed by atoms with van der Waals surface area (Å²) in [5.41, 5.74) is 5.71. The molecule has 0 bridgehead atoms. The van der Waals surface area contributed by atoms with E-state index in [1.165, 1.54) is 0 Å². The van der Waals surface area contributed by atoms with E-state index in [0.29, 0.717) is 17.2 Å². The Morgan fingerprint density at radius 3 is 3.00 bits per heavy atom. The molecule has 0 aliphatic heterocycles. The summed E-state index contributed by atoms with van der Waals surface area (Å²) in [4.78, 5) is 11.9. The summed E-state index contributed by atoms with van der Waals surface area (Å²) in [6.45, 7) is 0.610. The van der Waals surface area contributed by atoms with Crippen molar-refractivity contribution in [2.75, 3.05) is 6.54 Å². The Balaban J connectivity index is 2.10. The summed E-state index contributed by atoms with van der Waals surface area (Å²) in [5, 5.41) is 8.01. The van der Waals surface area contributed by atoms with Crippen LogP contribution in [-0.2, 0) is 0 Å². The third-order valence-corrected chi connectivity index (χ3v) is 2.44. The summed E-state index contributed by atoms with van der Waals surface area (Å²) in [6.07, 6.45) is 2.48. The van der Waals surface area contributed by atoms with Crippen molar-refractivity contribution in [1.29, 1.82) is 0 Å². The lowest BCUT2D eigenvalue weighted by molar-refractivity contribution is 0.0948. The Kier molecular flexibility index (Phi) is 5.13. The first-order valence-corrected chi connectivity index (χ1v) is 5.78. The first-order valence-electron chi connectivity index (χ1n) is 4.53. The number of unbranched alkanes of at least 4 members (excludes halogenated alkanes) is 1. The van der Waals surface area contributed by atoms with E-state index in [2.05, 4.69) is 14.9 Å². The van der Waals surface area contributed by atoms with Crippen molar-refractivity contribution in [1.82, 2.24) is 14.9 Å². The fraction of sp³-hybridized carbons (Fsp3) is 0.500. The molecule has 1 amide bonds. The molecule has 1 rings (SSSR count).